The number of rotatable bonds is 6. The van der Waals surface area contributed by atoms with Crippen LogP contribution in [0.25, 0.3) is 0 Å². The van der Waals surface area contributed by atoms with Crippen LogP contribution in [0.15, 0.2) is 24.3 Å². The normalized spacial score (nSPS) is 21.6. The van der Waals surface area contributed by atoms with Crippen molar-refractivity contribution in [2.75, 3.05) is 13.7 Å². The Labute approximate surface area is 130 Å². The van der Waals surface area contributed by atoms with E-state index in [4.69, 9.17) is 9.84 Å². The summed E-state index contributed by atoms with van der Waals surface area (Å²) in [4.78, 5) is 23.0. The number of carbonyl (C=O) groups excluding carboxylic acids is 1. The molecule has 1 aliphatic rings. The molecule has 0 bridgehead atoms. The first-order valence-corrected chi connectivity index (χ1v) is 6.93. The quantitative estimate of drug-likeness (QED) is 0.836. The van der Waals surface area contributed by atoms with E-state index in [2.05, 4.69) is 5.32 Å². The second-order valence-electron chi connectivity index (χ2n) is 5.43. The maximum absolute atomic E-state index is 12.7. The fourth-order valence-electron chi connectivity index (χ4n) is 2.42. The molecule has 23 heavy (non-hydrogen) atoms. The van der Waals surface area contributed by atoms with Gasteiger partial charge in [0.1, 0.15) is 0 Å². The predicted octanol–water partition coefficient (Wildman–Crippen LogP) is 2.02. The number of hydrogen-bond acceptors (Lipinski definition) is 3. The molecule has 5 nitrogen and oxygen atoms in total. The van der Waals surface area contributed by atoms with Gasteiger partial charge >= 0.3 is 12.1 Å². The van der Waals surface area contributed by atoms with Crippen LogP contribution in [-0.2, 0) is 20.5 Å². The predicted molar refractivity (Wildman–Crippen MR) is 73.7 cm³/mol. The molecule has 1 aromatic carbocycles. The number of ether oxygens (including phenoxy) is 1. The summed E-state index contributed by atoms with van der Waals surface area (Å²) in [5.41, 5.74) is -0.331. The van der Waals surface area contributed by atoms with E-state index in [0.717, 1.165) is 12.1 Å². The molecule has 2 rings (SSSR count). The first-order chi connectivity index (χ1) is 10.7. The minimum absolute atomic E-state index is 0.179. The maximum Gasteiger partial charge on any atom is 0.416 e. The second-order valence-corrected chi connectivity index (χ2v) is 5.43. The Morgan fingerprint density at radius 3 is 2.70 bits per heavy atom. The average molecular weight is 331 g/mol. The number of nitrogens with one attached hydrogen (secondary N) is 1. The Morgan fingerprint density at radius 2 is 2.13 bits per heavy atom. The Hall–Kier alpha value is -2.09. The van der Waals surface area contributed by atoms with Crippen molar-refractivity contribution in [1.82, 2.24) is 5.32 Å². The minimum atomic E-state index is -4.43. The fourth-order valence-corrected chi connectivity index (χ4v) is 2.42. The van der Waals surface area contributed by atoms with Crippen LogP contribution in [0.2, 0.25) is 0 Å². The zero-order chi connectivity index (χ0) is 17.2. The third-order valence-electron chi connectivity index (χ3n) is 3.72. The lowest BCUT2D eigenvalue weighted by atomic mass is 10.1. The van der Waals surface area contributed by atoms with Gasteiger partial charge in [-0.25, -0.2) is 4.79 Å². The summed E-state index contributed by atoms with van der Waals surface area (Å²) in [5.74, 6) is -2.56. The molecule has 2 N–H and O–H groups in total. The molecule has 0 spiro atoms. The van der Waals surface area contributed by atoms with Gasteiger partial charge in [-0.15, -0.1) is 0 Å². The van der Waals surface area contributed by atoms with Crippen LogP contribution in [0, 0.1) is 5.92 Å². The van der Waals surface area contributed by atoms with Crippen LogP contribution in [0.5, 0.6) is 0 Å². The SMILES string of the molecule is COCC(NC(=O)C1CC1c1cccc(C(F)(F)F)c1)C(=O)O. The van der Waals surface area contributed by atoms with Crippen LogP contribution in [0.4, 0.5) is 13.2 Å². The number of amides is 1. The molecule has 1 aromatic rings. The van der Waals surface area contributed by atoms with E-state index in [0.29, 0.717) is 12.0 Å². The van der Waals surface area contributed by atoms with E-state index in [1.165, 1.54) is 19.2 Å². The summed E-state index contributed by atoms with van der Waals surface area (Å²) in [6.45, 7) is -0.179. The van der Waals surface area contributed by atoms with Gasteiger partial charge in [0.2, 0.25) is 5.91 Å². The topological polar surface area (TPSA) is 75.6 Å². The number of carboxylic acids is 1. The lowest BCUT2D eigenvalue weighted by Crippen LogP contribution is -2.44. The third-order valence-corrected chi connectivity index (χ3v) is 3.72. The summed E-state index contributed by atoms with van der Waals surface area (Å²) in [7, 11) is 1.31. The van der Waals surface area contributed by atoms with E-state index < -0.39 is 35.6 Å². The molecule has 3 unspecified atom stereocenters. The highest BCUT2D eigenvalue weighted by molar-refractivity contribution is 5.87. The van der Waals surface area contributed by atoms with Gasteiger partial charge in [-0.05, 0) is 24.0 Å². The molecular weight excluding hydrogens is 315 g/mol. The van der Waals surface area contributed by atoms with Gasteiger partial charge in [0.05, 0.1) is 12.2 Å². The van der Waals surface area contributed by atoms with E-state index in [-0.39, 0.29) is 12.5 Å². The molecule has 1 saturated carbocycles. The van der Waals surface area contributed by atoms with Gasteiger partial charge in [-0.2, -0.15) is 13.2 Å². The van der Waals surface area contributed by atoms with Crippen molar-refractivity contribution in [2.45, 2.75) is 24.6 Å². The Kier molecular flexibility index (Phi) is 4.93. The summed E-state index contributed by atoms with van der Waals surface area (Å²) in [6, 6.07) is 3.67. The number of carbonyl (C=O) groups is 2. The van der Waals surface area contributed by atoms with Gasteiger partial charge in [-0.1, -0.05) is 18.2 Å². The summed E-state index contributed by atoms with van der Waals surface area (Å²) < 4.78 is 42.8. The van der Waals surface area contributed by atoms with Crippen molar-refractivity contribution in [3.8, 4) is 0 Å². The first kappa shape index (κ1) is 17.3. The Bertz CT molecular complexity index is 603. The number of hydrogen-bond donors (Lipinski definition) is 2. The van der Waals surface area contributed by atoms with Gasteiger partial charge in [0.25, 0.3) is 0 Å². The zero-order valence-corrected chi connectivity index (χ0v) is 12.3. The number of carboxylic acid groups (broad SMARTS) is 1. The number of methoxy groups -OCH3 is 1. The smallest absolute Gasteiger partial charge is 0.416 e. The lowest BCUT2D eigenvalue weighted by Gasteiger charge is -2.13. The molecule has 0 aromatic heterocycles. The molecule has 8 heteroatoms. The minimum Gasteiger partial charge on any atom is -0.480 e. The molecule has 1 aliphatic carbocycles. The summed E-state index contributed by atoms with van der Waals surface area (Å²) >= 11 is 0. The Morgan fingerprint density at radius 1 is 1.43 bits per heavy atom. The van der Waals surface area contributed by atoms with Crippen molar-refractivity contribution in [3.63, 3.8) is 0 Å². The molecule has 3 atom stereocenters. The van der Waals surface area contributed by atoms with Crippen molar-refractivity contribution in [1.29, 1.82) is 0 Å². The third kappa shape index (κ3) is 4.22. The van der Waals surface area contributed by atoms with Crippen LogP contribution in [0.3, 0.4) is 0 Å². The van der Waals surface area contributed by atoms with E-state index in [9.17, 15) is 22.8 Å². The fraction of sp³-hybridized carbons (Fsp3) is 0.467. The number of alkyl halides is 3. The van der Waals surface area contributed by atoms with Crippen molar-refractivity contribution < 1.29 is 32.6 Å². The molecule has 0 saturated heterocycles. The highest BCUT2D eigenvalue weighted by Gasteiger charge is 2.45. The number of benzene rings is 1. The van der Waals surface area contributed by atoms with Gasteiger partial charge < -0.3 is 15.2 Å². The van der Waals surface area contributed by atoms with E-state index >= 15 is 0 Å². The van der Waals surface area contributed by atoms with Crippen LogP contribution < -0.4 is 5.32 Å². The van der Waals surface area contributed by atoms with Crippen molar-refractivity contribution in [2.24, 2.45) is 5.92 Å². The maximum atomic E-state index is 12.7. The van der Waals surface area contributed by atoms with Crippen LogP contribution in [0.1, 0.15) is 23.5 Å². The molecular formula is C15H16F3NO4. The summed E-state index contributed by atoms with van der Waals surface area (Å²) in [6.07, 6.45) is -4.04. The molecule has 0 radical (unpaired) electrons. The summed E-state index contributed by atoms with van der Waals surface area (Å²) in [5, 5.41) is 11.3. The van der Waals surface area contributed by atoms with Gasteiger partial charge in [-0.3, -0.25) is 4.79 Å². The van der Waals surface area contributed by atoms with Crippen LogP contribution >= 0.6 is 0 Å². The zero-order valence-electron chi connectivity index (χ0n) is 12.3. The highest BCUT2D eigenvalue weighted by Crippen LogP contribution is 2.48. The molecule has 0 aliphatic heterocycles. The van der Waals surface area contributed by atoms with Gasteiger partial charge in [0, 0.05) is 13.0 Å². The Balaban J connectivity index is 2.02. The van der Waals surface area contributed by atoms with E-state index in [1.54, 1.807) is 0 Å². The molecule has 1 fully saturated rings. The average Bonchev–Trinajstić information content (AvgIpc) is 3.26. The van der Waals surface area contributed by atoms with Crippen molar-refractivity contribution in [3.05, 3.63) is 35.4 Å². The lowest BCUT2D eigenvalue weighted by molar-refractivity contribution is -0.143. The number of aliphatic carboxylic acids is 1. The highest BCUT2D eigenvalue weighted by atomic mass is 19.4. The molecule has 126 valence electrons. The largest absolute Gasteiger partial charge is 0.480 e. The monoisotopic (exact) mass is 331 g/mol. The van der Waals surface area contributed by atoms with Crippen molar-refractivity contribution >= 4 is 11.9 Å². The van der Waals surface area contributed by atoms with Crippen LogP contribution in [-0.4, -0.2) is 36.7 Å². The first-order valence-electron chi connectivity index (χ1n) is 6.93. The molecule has 1 amide bonds. The standard InChI is InChI=1S/C15H16F3NO4/c1-23-7-12(14(21)22)19-13(20)11-6-10(11)8-3-2-4-9(5-8)15(16,17)18/h2-5,10-12H,6-7H2,1H3,(H,19,20)(H,21,22). The van der Waals surface area contributed by atoms with E-state index in [1.807, 2.05) is 0 Å². The molecule has 0 heterocycles. The second kappa shape index (κ2) is 6.57. The number of halogens is 3. The van der Waals surface area contributed by atoms with Gasteiger partial charge in [0.15, 0.2) is 6.04 Å².